The molecule has 0 atom stereocenters. The van der Waals surface area contributed by atoms with E-state index in [1.54, 1.807) is 0 Å². The molecule has 0 unspecified atom stereocenters. The van der Waals surface area contributed by atoms with Crippen molar-refractivity contribution >= 4 is 11.7 Å². The molecule has 1 aromatic carbocycles. The summed E-state index contributed by atoms with van der Waals surface area (Å²) in [6.45, 7) is 1.69. The Hall–Kier alpha value is -2.64. The Morgan fingerprint density at radius 1 is 0.923 bits per heavy atom. The van der Waals surface area contributed by atoms with Crippen LogP contribution in [-0.2, 0) is 0 Å². The predicted molar refractivity (Wildman–Crippen MR) is 88.4 cm³/mol. The third kappa shape index (κ3) is 3.11. The lowest BCUT2D eigenvalue weighted by atomic mass is 10.1. The Balaban J connectivity index is 1.41. The highest BCUT2D eigenvalue weighted by atomic mass is 19.2. The van der Waals surface area contributed by atoms with E-state index < -0.39 is 28.9 Å². The van der Waals surface area contributed by atoms with Gasteiger partial charge in [-0.25, -0.2) is 13.2 Å². The van der Waals surface area contributed by atoms with E-state index in [-0.39, 0.29) is 0 Å². The number of halogens is 3. The number of anilines is 1. The lowest BCUT2D eigenvalue weighted by molar-refractivity contribution is 0.0740. The molecule has 1 aliphatic heterocycles. The zero-order chi connectivity index (χ0) is 18.3. The molecule has 26 heavy (non-hydrogen) atoms. The maximum Gasteiger partial charge on any atom is 0.257 e. The van der Waals surface area contributed by atoms with E-state index in [0.29, 0.717) is 32.1 Å². The average molecular weight is 362 g/mol. The van der Waals surface area contributed by atoms with Gasteiger partial charge in [0.05, 0.1) is 11.3 Å². The minimum Gasteiger partial charge on any atom is -0.352 e. The zero-order valence-corrected chi connectivity index (χ0v) is 14.0. The minimum atomic E-state index is -1.62. The van der Waals surface area contributed by atoms with Gasteiger partial charge in [0.25, 0.3) is 5.91 Å². The summed E-state index contributed by atoms with van der Waals surface area (Å²) in [6, 6.07) is 5.64. The molecule has 1 saturated carbocycles. The average Bonchev–Trinajstić information content (AvgIpc) is 3.51. The monoisotopic (exact) mass is 362 g/mol. The molecule has 2 aromatic rings. The number of amides is 1. The van der Waals surface area contributed by atoms with Gasteiger partial charge in [0, 0.05) is 32.1 Å². The van der Waals surface area contributed by atoms with E-state index in [4.69, 9.17) is 0 Å². The quantitative estimate of drug-likeness (QED) is 0.788. The van der Waals surface area contributed by atoms with Gasteiger partial charge in [-0.1, -0.05) is 0 Å². The van der Waals surface area contributed by atoms with Crippen molar-refractivity contribution in [1.82, 2.24) is 15.1 Å². The second-order valence-electron chi connectivity index (χ2n) is 6.59. The van der Waals surface area contributed by atoms with Crippen molar-refractivity contribution in [2.75, 3.05) is 31.1 Å². The Bertz CT molecular complexity index is 831. The number of nitrogens with zero attached hydrogens (tertiary/aromatic N) is 4. The first-order chi connectivity index (χ1) is 12.5. The van der Waals surface area contributed by atoms with Gasteiger partial charge in [0.1, 0.15) is 0 Å². The fourth-order valence-electron chi connectivity index (χ4n) is 3.10. The molecule has 8 heteroatoms. The molecule has 5 nitrogen and oxygen atoms in total. The maximum absolute atomic E-state index is 13.8. The lowest BCUT2D eigenvalue weighted by Gasteiger charge is -2.35. The van der Waals surface area contributed by atoms with Gasteiger partial charge in [-0.05, 0) is 37.1 Å². The van der Waals surface area contributed by atoms with Crippen LogP contribution in [0.2, 0.25) is 0 Å². The van der Waals surface area contributed by atoms with Crippen LogP contribution in [0.15, 0.2) is 24.3 Å². The van der Waals surface area contributed by atoms with Gasteiger partial charge in [0.15, 0.2) is 23.3 Å². The molecule has 1 aromatic heterocycles. The Labute approximate surface area is 148 Å². The Morgan fingerprint density at radius 3 is 2.27 bits per heavy atom. The van der Waals surface area contributed by atoms with Gasteiger partial charge in [-0.2, -0.15) is 5.10 Å². The first kappa shape index (κ1) is 16.8. The van der Waals surface area contributed by atoms with E-state index in [0.717, 1.165) is 36.5 Å². The smallest absolute Gasteiger partial charge is 0.257 e. The van der Waals surface area contributed by atoms with E-state index in [1.165, 1.54) is 4.90 Å². The Morgan fingerprint density at radius 2 is 1.65 bits per heavy atom. The number of rotatable bonds is 3. The molecule has 0 spiro atoms. The number of carbonyl (C=O) groups excluding carboxylic acids is 1. The van der Waals surface area contributed by atoms with Crippen LogP contribution >= 0.6 is 0 Å². The van der Waals surface area contributed by atoms with Crippen molar-refractivity contribution in [2.24, 2.45) is 0 Å². The first-order valence-electron chi connectivity index (χ1n) is 8.56. The molecule has 1 aliphatic carbocycles. The fraction of sp³-hybridized carbons (Fsp3) is 0.389. The third-order valence-corrected chi connectivity index (χ3v) is 4.82. The topological polar surface area (TPSA) is 49.3 Å². The number of benzene rings is 1. The number of hydrogen-bond donors (Lipinski definition) is 0. The van der Waals surface area contributed by atoms with Crippen LogP contribution < -0.4 is 4.90 Å². The number of hydrogen-bond acceptors (Lipinski definition) is 4. The summed E-state index contributed by atoms with van der Waals surface area (Å²) in [5.74, 6) is -3.75. The van der Waals surface area contributed by atoms with Crippen molar-refractivity contribution in [3.8, 4) is 0 Å². The van der Waals surface area contributed by atoms with Crippen LogP contribution in [0.4, 0.5) is 19.0 Å². The van der Waals surface area contributed by atoms with E-state index >= 15 is 0 Å². The van der Waals surface area contributed by atoms with E-state index in [1.807, 2.05) is 17.0 Å². The van der Waals surface area contributed by atoms with E-state index in [2.05, 4.69) is 10.2 Å². The van der Waals surface area contributed by atoms with Crippen molar-refractivity contribution in [3.63, 3.8) is 0 Å². The normalized spacial score (nSPS) is 17.5. The second-order valence-corrected chi connectivity index (χ2v) is 6.59. The van der Waals surface area contributed by atoms with Crippen LogP contribution in [0.5, 0.6) is 0 Å². The van der Waals surface area contributed by atoms with Crippen molar-refractivity contribution in [2.45, 2.75) is 18.8 Å². The molecule has 2 heterocycles. The molecule has 2 fully saturated rings. The van der Waals surface area contributed by atoms with Gasteiger partial charge in [-0.15, -0.1) is 5.10 Å². The van der Waals surface area contributed by atoms with Gasteiger partial charge in [-0.3, -0.25) is 4.79 Å². The molecule has 4 rings (SSSR count). The number of aromatic nitrogens is 2. The highest BCUT2D eigenvalue weighted by Gasteiger charge is 2.28. The standard InChI is InChI=1S/C18H17F3N4O/c19-13-4-3-12(16(20)17(13)21)18(26)25-9-7-24(8-10-25)15-6-5-14(22-23-15)11-1-2-11/h3-6,11H,1-2,7-10H2. The maximum atomic E-state index is 13.8. The number of carbonyl (C=O) groups is 1. The lowest BCUT2D eigenvalue weighted by Crippen LogP contribution is -2.49. The van der Waals surface area contributed by atoms with Gasteiger partial charge in [0.2, 0.25) is 0 Å². The molecule has 2 aliphatic rings. The summed E-state index contributed by atoms with van der Waals surface area (Å²) in [7, 11) is 0. The molecule has 1 saturated heterocycles. The molecule has 0 bridgehead atoms. The largest absolute Gasteiger partial charge is 0.352 e. The van der Waals surface area contributed by atoms with Crippen molar-refractivity contribution < 1.29 is 18.0 Å². The molecule has 1 amide bonds. The highest BCUT2D eigenvalue weighted by molar-refractivity contribution is 5.94. The summed E-state index contributed by atoms with van der Waals surface area (Å²) in [4.78, 5) is 15.8. The summed E-state index contributed by atoms with van der Waals surface area (Å²) in [5, 5.41) is 8.50. The SMILES string of the molecule is O=C(c1ccc(F)c(F)c1F)N1CCN(c2ccc(C3CC3)nn2)CC1. The summed E-state index contributed by atoms with van der Waals surface area (Å²) < 4.78 is 40.2. The van der Waals surface area contributed by atoms with E-state index in [9.17, 15) is 18.0 Å². The van der Waals surface area contributed by atoms with Crippen molar-refractivity contribution in [1.29, 1.82) is 0 Å². The van der Waals surface area contributed by atoms with Gasteiger partial charge >= 0.3 is 0 Å². The van der Waals surface area contributed by atoms with Crippen LogP contribution in [-0.4, -0.2) is 47.2 Å². The van der Waals surface area contributed by atoms with Crippen molar-refractivity contribution in [3.05, 3.63) is 53.0 Å². The predicted octanol–water partition coefficient (Wildman–Crippen LogP) is 2.73. The summed E-state index contributed by atoms with van der Waals surface area (Å²) in [5.41, 5.74) is 0.558. The first-order valence-corrected chi connectivity index (χ1v) is 8.56. The van der Waals surface area contributed by atoms with Crippen LogP contribution in [0, 0.1) is 17.5 Å². The fourth-order valence-corrected chi connectivity index (χ4v) is 3.10. The van der Waals surface area contributed by atoms with Gasteiger partial charge < -0.3 is 9.80 Å². The van der Waals surface area contributed by atoms with Crippen LogP contribution in [0.25, 0.3) is 0 Å². The third-order valence-electron chi connectivity index (χ3n) is 4.82. The molecule has 0 N–H and O–H groups in total. The Kier molecular flexibility index (Phi) is 4.26. The molecular weight excluding hydrogens is 345 g/mol. The minimum absolute atomic E-state index is 0.337. The molecule has 0 radical (unpaired) electrons. The molecule has 136 valence electrons. The second kappa shape index (κ2) is 6.59. The molecular formula is C18H17F3N4O. The highest BCUT2D eigenvalue weighted by Crippen LogP contribution is 2.38. The van der Waals surface area contributed by atoms with Crippen LogP contribution in [0.1, 0.15) is 34.8 Å². The summed E-state index contributed by atoms with van der Waals surface area (Å²) >= 11 is 0. The number of piperazine rings is 1. The summed E-state index contributed by atoms with van der Waals surface area (Å²) in [6.07, 6.45) is 2.32. The zero-order valence-electron chi connectivity index (χ0n) is 14.0. The van der Waals surface area contributed by atoms with Crippen LogP contribution in [0.3, 0.4) is 0 Å².